The van der Waals surface area contributed by atoms with Gasteiger partial charge in [-0.15, -0.1) is 0 Å². The zero-order chi connectivity index (χ0) is 13.0. The number of rotatable bonds is 3. The quantitative estimate of drug-likeness (QED) is 0.873. The zero-order valence-corrected chi connectivity index (χ0v) is 11.4. The Morgan fingerprint density at radius 1 is 1.21 bits per heavy atom. The molecule has 0 aliphatic heterocycles. The van der Waals surface area contributed by atoms with Crippen molar-refractivity contribution in [3.63, 3.8) is 0 Å². The molecule has 0 spiro atoms. The van der Waals surface area contributed by atoms with Crippen molar-refractivity contribution in [1.82, 2.24) is 9.78 Å². The summed E-state index contributed by atoms with van der Waals surface area (Å²) in [6, 6.07) is 0. The SMILES string of the molecule is Nc1nn(CCO)cc1C12CC3CC(CC(C3)C1)C2. The molecular formula is C15H23N3O. The van der Waals surface area contributed by atoms with Gasteiger partial charge in [0, 0.05) is 17.2 Å². The maximum absolute atomic E-state index is 9.05. The topological polar surface area (TPSA) is 64.1 Å². The third-order valence-corrected chi connectivity index (χ3v) is 5.73. The second-order valence-electron chi connectivity index (χ2n) is 7.11. The molecule has 0 unspecified atom stereocenters. The van der Waals surface area contributed by atoms with E-state index in [4.69, 9.17) is 10.8 Å². The van der Waals surface area contributed by atoms with E-state index in [1.165, 1.54) is 44.1 Å². The largest absolute Gasteiger partial charge is 0.394 e. The molecule has 104 valence electrons. The predicted octanol–water partition coefficient (Wildman–Crippen LogP) is 1.93. The van der Waals surface area contributed by atoms with Gasteiger partial charge in [0.1, 0.15) is 5.82 Å². The van der Waals surface area contributed by atoms with Gasteiger partial charge in [-0.2, -0.15) is 5.10 Å². The summed E-state index contributed by atoms with van der Waals surface area (Å²) in [5, 5.41) is 13.4. The first-order valence-corrected chi connectivity index (χ1v) is 7.63. The minimum absolute atomic E-state index is 0.126. The van der Waals surface area contributed by atoms with Gasteiger partial charge in [0.2, 0.25) is 0 Å². The molecule has 0 atom stereocenters. The van der Waals surface area contributed by atoms with Crippen LogP contribution in [0.5, 0.6) is 0 Å². The number of aliphatic hydroxyl groups is 1. The summed E-state index contributed by atoms with van der Waals surface area (Å²) in [4.78, 5) is 0. The molecule has 1 heterocycles. The Labute approximate surface area is 114 Å². The standard InChI is InChI=1S/C15H23N3O/c16-14-13(9-18(17-14)1-2-19)15-6-10-3-11(7-15)5-12(4-10)8-15/h9-12,19H,1-8H2,(H2,16,17). The second kappa shape index (κ2) is 3.98. The van der Waals surface area contributed by atoms with Crippen LogP contribution in [-0.2, 0) is 12.0 Å². The molecule has 0 radical (unpaired) electrons. The van der Waals surface area contributed by atoms with Crippen LogP contribution in [0, 0.1) is 17.8 Å². The molecule has 4 saturated carbocycles. The summed E-state index contributed by atoms with van der Waals surface area (Å²) in [6.45, 7) is 0.679. The van der Waals surface area contributed by atoms with Crippen LogP contribution in [0.1, 0.15) is 44.1 Å². The first-order valence-electron chi connectivity index (χ1n) is 7.63. The number of hydrogen-bond donors (Lipinski definition) is 2. The minimum atomic E-state index is 0.126. The maximum atomic E-state index is 9.05. The van der Waals surface area contributed by atoms with Gasteiger partial charge < -0.3 is 10.8 Å². The summed E-state index contributed by atoms with van der Waals surface area (Å²) < 4.78 is 1.82. The molecule has 19 heavy (non-hydrogen) atoms. The van der Waals surface area contributed by atoms with Crippen LogP contribution in [0.3, 0.4) is 0 Å². The molecule has 4 heteroatoms. The third-order valence-electron chi connectivity index (χ3n) is 5.73. The Kier molecular flexibility index (Phi) is 2.47. The lowest BCUT2D eigenvalue weighted by molar-refractivity contribution is -0.00489. The van der Waals surface area contributed by atoms with Crippen molar-refractivity contribution in [2.45, 2.75) is 50.5 Å². The average molecular weight is 261 g/mol. The number of anilines is 1. The molecule has 4 aliphatic carbocycles. The lowest BCUT2D eigenvalue weighted by Gasteiger charge is -2.56. The van der Waals surface area contributed by atoms with Gasteiger partial charge in [0.05, 0.1) is 13.2 Å². The van der Waals surface area contributed by atoms with Crippen LogP contribution in [0.15, 0.2) is 6.20 Å². The van der Waals surface area contributed by atoms with Crippen molar-refractivity contribution < 1.29 is 5.11 Å². The first-order chi connectivity index (χ1) is 9.18. The van der Waals surface area contributed by atoms with Gasteiger partial charge in [-0.1, -0.05) is 0 Å². The summed E-state index contributed by atoms with van der Waals surface area (Å²) in [5.74, 6) is 3.47. The van der Waals surface area contributed by atoms with Crippen molar-refractivity contribution in [3.05, 3.63) is 11.8 Å². The van der Waals surface area contributed by atoms with E-state index in [-0.39, 0.29) is 6.61 Å². The van der Waals surface area contributed by atoms with E-state index in [0.29, 0.717) is 17.8 Å². The van der Waals surface area contributed by atoms with Gasteiger partial charge >= 0.3 is 0 Å². The van der Waals surface area contributed by atoms with E-state index < -0.39 is 0 Å². The Balaban J connectivity index is 1.71. The molecule has 1 aromatic rings. The maximum Gasteiger partial charge on any atom is 0.149 e. The Morgan fingerprint density at radius 3 is 2.32 bits per heavy atom. The minimum Gasteiger partial charge on any atom is -0.394 e. The average Bonchev–Trinajstić information content (AvgIpc) is 2.70. The normalized spacial score (nSPS) is 39.9. The number of nitrogens with two attached hydrogens (primary N) is 1. The van der Waals surface area contributed by atoms with Crippen LogP contribution in [-0.4, -0.2) is 21.5 Å². The van der Waals surface area contributed by atoms with Crippen molar-refractivity contribution in [2.24, 2.45) is 17.8 Å². The van der Waals surface area contributed by atoms with Crippen molar-refractivity contribution in [1.29, 1.82) is 0 Å². The number of aliphatic hydroxyl groups excluding tert-OH is 1. The van der Waals surface area contributed by atoms with Crippen molar-refractivity contribution in [3.8, 4) is 0 Å². The van der Waals surface area contributed by atoms with Crippen LogP contribution < -0.4 is 5.73 Å². The molecular weight excluding hydrogens is 238 g/mol. The fourth-order valence-electron chi connectivity index (χ4n) is 5.50. The predicted molar refractivity (Wildman–Crippen MR) is 73.6 cm³/mol. The molecule has 4 fully saturated rings. The van der Waals surface area contributed by atoms with E-state index in [0.717, 1.165) is 17.8 Å². The Bertz CT molecular complexity index is 458. The molecule has 4 bridgehead atoms. The van der Waals surface area contributed by atoms with E-state index in [2.05, 4.69) is 11.3 Å². The summed E-state index contributed by atoms with van der Waals surface area (Å²) in [6.07, 6.45) is 10.4. The van der Waals surface area contributed by atoms with E-state index in [1.54, 1.807) is 0 Å². The van der Waals surface area contributed by atoms with E-state index >= 15 is 0 Å². The smallest absolute Gasteiger partial charge is 0.149 e. The van der Waals surface area contributed by atoms with Gasteiger partial charge in [-0.25, -0.2) is 0 Å². The molecule has 0 aromatic carbocycles. The van der Waals surface area contributed by atoms with Crippen LogP contribution in [0.4, 0.5) is 5.82 Å². The van der Waals surface area contributed by atoms with E-state index in [9.17, 15) is 0 Å². The first kappa shape index (κ1) is 11.8. The van der Waals surface area contributed by atoms with Crippen molar-refractivity contribution in [2.75, 3.05) is 12.3 Å². The number of nitrogen functional groups attached to an aromatic ring is 1. The third kappa shape index (κ3) is 1.72. The molecule has 3 N–H and O–H groups in total. The van der Waals surface area contributed by atoms with Crippen LogP contribution in [0.2, 0.25) is 0 Å². The zero-order valence-electron chi connectivity index (χ0n) is 11.4. The lowest BCUT2D eigenvalue weighted by atomic mass is 9.48. The molecule has 5 rings (SSSR count). The number of aromatic nitrogens is 2. The Morgan fingerprint density at radius 2 is 1.79 bits per heavy atom. The number of nitrogens with zero attached hydrogens (tertiary/aromatic N) is 2. The molecule has 0 saturated heterocycles. The van der Waals surface area contributed by atoms with Gasteiger partial charge in [0.25, 0.3) is 0 Å². The number of hydrogen-bond acceptors (Lipinski definition) is 3. The molecule has 4 aliphatic rings. The van der Waals surface area contributed by atoms with Gasteiger partial charge in [0.15, 0.2) is 0 Å². The fourth-order valence-corrected chi connectivity index (χ4v) is 5.50. The summed E-state index contributed by atoms with van der Waals surface area (Å²) in [5.41, 5.74) is 7.77. The lowest BCUT2D eigenvalue weighted by Crippen LogP contribution is -2.48. The molecule has 4 nitrogen and oxygen atoms in total. The summed E-state index contributed by atoms with van der Waals surface area (Å²) >= 11 is 0. The second-order valence-corrected chi connectivity index (χ2v) is 7.11. The van der Waals surface area contributed by atoms with Crippen molar-refractivity contribution >= 4 is 5.82 Å². The highest BCUT2D eigenvalue weighted by Crippen LogP contribution is 2.61. The Hall–Kier alpha value is -1.03. The monoisotopic (exact) mass is 261 g/mol. The fraction of sp³-hybridized carbons (Fsp3) is 0.800. The highest BCUT2D eigenvalue weighted by Gasteiger charge is 2.52. The van der Waals surface area contributed by atoms with Crippen LogP contribution >= 0.6 is 0 Å². The highest BCUT2D eigenvalue weighted by molar-refractivity contribution is 5.45. The van der Waals surface area contributed by atoms with Gasteiger partial charge in [-0.05, 0) is 56.3 Å². The molecule has 0 amide bonds. The molecule has 1 aromatic heterocycles. The summed E-state index contributed by atoms with van der Waals surface area (Å²) in [7, 11) is 0. The van der Waals surface area contributed by atoms with Crippen LogP contribution in [0.25, 0.3) is 0 Å². The van der Waals surface area contributed by atoms with Gasteiger partial charge in [-0.3, -0.25) is 4.68 Å². The highest BCUT2D eigenvalue weighted by atomic mass is 16.3. The van der Waals surface area contributed by atoms with E-state index in [1.807, 2.05) is 4.68 Å².